The molecule has 0 aliphatic carbocycles. The van der Waals surface area contributed by atoms with Gasteiger partial charge >= 0.3 is 12.1 Å². The lowest BCUT2D eigenvalue weighted by Crippen LogP contribution is -2.18. The van der Waals surface area contributed by atoms with Crippen LogP contribution in [0.3, 0.4) is 0 Å². The van der Waals surface area contributed by atoms with E-state index in [1.807, 2.05) is 0 Å². The average molecular weight is 436 g/mol. The zero-order chi connectivity index (χ0) is 16.0. The summed E-state index contributed by atoms with van der Waals surface area (Å²) in [5.74, 6) is -0.695. The minimum atomic E-state index is -4.33. The number of halogens is 5. The number of alkyl halides is 3. The van der Waals surface area contributed by atoms with Gasteiger partial charge < -0.3 is 14.6 Å². The molecule has 0 radical (unpaired) electrons. The number of aromatic carboxylic acids is 1. The van der Waals surface area contributed by atoms with Crippen molar-refractivity contribution < 1.29 is 32.5 Å². The maximum atomic E-state index is 11.8. The fourth-order valence-corrected chi connectivity index (χ4v) is 2.76. The van der Waals surface area contributed by atoms with Crippen LogP contribution in [0.5, 0.6) is 5.75 Å². The number of hydrogen-bond acceptors (Lipinski definition) is 3. The summed E-state index contributed by atoms with van der Waals surface area (Å²) in [6.45, 7) is -1.23. The maximum absolute atomic E-state index is 11.8. The largest absolute Gasteiger partial charge is 0.491 e. The lowest BCUT2D eigenvalue weighted by Gasteiger charge is -2.12. The first-order valence-electron chi connectivity index (χ1n) is 5.70. The molecule has 0 saturated carbocycles. The molecule has 0 amide bonds. The van der Waals surface area contributed by atoms with Gasteiger partial charge in [0, 0.05) is 6.42 Å². The van der Waals surface area contributed by atoms with Gasteiger partial charge in [0.1, 0.15) is 12.4 Å². The van der Waals surface area contributed by atoms with Crippen LogP contribution < -0.4 is 4.74 Å². The van der Waals surface area contributed by atoms with Crippen LogP contribution >= 0.6 is 31.9 Å². The van der Waals surface area contributed by atoms with Gasteiger partial charge in [-0.15, -0.1) is 0 Å². The first-order valence-corrected chi connectivity index (χ1v) is 7.29. The molecule has 1 aromatic carbocycles. The maximum Gasteiger partial charge on any atom is 0.411 e. The lowest BCUT2D eigenvalue weighted by atomic mass is 10.2. The molecule has 0 heterocycles. The summed E-state index contributed by atoms with van der Waals surface area (Å²) in [6, 6.07) is 2.76. The van der Waals surface area contributed by atoms with Crippen molar-refractivity contribution in [3.05, 3.63) is 26.6 Å². The van der Waals surface area contributed by atoms with Gasteiger partial charge in [-0.3, -0.25) is 0 Å². The average Bonchev–Trinajstić information content (AvgIpc) is 2.34. The summed E-state index contributed by atoms with van der Waals surface area (Å²) in [5, 5.41) is 8.87. The van der Waals surface area contributed by atoms with Gasteiger partial charge in [-0.25, -0.2) is 4.79 Å². The Morgan fingerprint density at radius 3 is 2.24 bits per heavy atom. The van der Waals surface area contributed by atoms with E-state index in [1.165, 1.54) is 12.1 Å². The molecular formula is C12H11Br2F3O4. The fourth-order valence-electron chi connectivity index (χ4n) is 1.34. The predicted octanol–water partition coefficient (Wildman–Crippen LogP) is 4.26. The highest BCUT2D eigenvalue weighted by Crippen LogP contribution is 2.34. The van der Waals surface area contributed by atoms with Crippen LogP contribution in [0, 0.1) is 0 Å². The molecule has 0 aliphatic rings. The third-order valence-corrected chi connectivity index (χ3v) is 3.37. The molecule has 1 aromatic rings. The summed E-state index contributed by atoms with van der Waals surface area (Å²) < 4.78 is 46.2. The van der Waals surface area contributed by atoms with Gasteiger partial charge in [0.15, 0.2) is 0 Å². The second-order valence-corrected chi connectivity index (χ2v) is 5.65. The molecule has 0 spiro atoms. The Bertz CT molecular complexity index is 483. The van der Waals surface area contributed by atoms with Crippen LogP contribution in [0.4, 0.5) is 13.2 Å². The van der Waals surface area contributed by atoms with Gasteiger partial charge in [-0.1, -0.05) is 0 Å². The molecule has 1 N–H and O–H groups in total. The molecule has 0 unspecified atom stereocenters. The summed E-state index contributed by atoms with van der Waals surface area (Å²) >= 11 is 6.35. The fraction of sp³-hybridized carbons (Fsp3) is 0.417. The van der Waals surface area contributed by atoms with E-state index in [0.29, 0.717) is 14.7 Å². The highest BCUT2D eigenvalue weighted by atomic mass is 79.9. The Kier molecular flexibility index (Phi) is 6.95. The molecule has 0 atom stereocenters. The monoisotopic (exact) mass is 434 g/mol. The van der Waals surface area contributed by atoms with E-state index in [2.05, 4.69) is 36.6 Å². The highest BCUT2D eigenvalue weighted by Gasteiger charge is 2.27. The van der Waals surface area contributed by atoms with E-state index in [0.717, 1.165) is 0 Å². The predicted molar refractivity (Wildman–Crippen MR) is 75.8 cm³/mol. The molecule has 118 valence electrons. The van der Waals surface area contributed by atoms with E-state index in [4.69, 9.17) is 9.84 Å². The van der Waals surface area contributed by atoms with Crippen molar-refractivity contribution in [2.75, 3.05) is 19.8 Å². The van der Waals surface area contributed by atoms with Crippen molar-refractivity contribution in [2.24, 2.45) is 0 Å². The van der Waals surface area contributed by atoms with Crippen molar-refractivity contribution in [3.8, 4) is 5.75 Å². The SMILES string of the molecule is O=C(O)c1cc(Br)c(OCCCOCC(F)(F)F)c(Br)c1. The van der Waals surface area contributed by atoms with Crippen LogP contribution in [-0.2, 0) is 4.74 Å². The third kappa shape index (κ3) is 6.66. The zero-order valence-corrected chi connectivity index (χ0v) is 13.7. The van der Waals surface area contributed by atoms with E-state index in [1.54, 1.807) is 0 Å². The van der Waals surface area contributed by atoms with E-state index < -0.39 is 18.8 Å². The number of benzene rings is 1. The summed E-state index contributed by atoms with van der Waals surface area (Å²) in [7, 11) is 0. The molecule has 4 nitrogen and oxygen atoms in total. The molecular weight excluding hydrogens is 425 g/mol. The number of carbonyl (C=O) groups is 1. The molecule has 0 saturated heterocycles. The van der Waals surface area contributed by atoms with E-state index >= 15 is 0 Å². The van der Waals surface area contributed by atoms with Crippen LogP contribution in [0.15, 0.2) is 21.1 Å². The molecule has 0 aromatic heterocycles. The zero-order valence-electron chi connectivity index (χ0n) is 10.5. The smallest absolute Gasteiger partial charge is 0.411 e. The van der Waals surface area contributed by atoms with Crippen molar-refractivity contribution in [1.29, 1.82) is 0 Å². The molecule has 9 heteroatoms. The van der Waals surface area contributed by atoms with Gasteiger partial charge in [-0.2, -0.15) is 13.2 Å². The van der Waals surface area contributed by atoms with Crippen molar-refractivity contribution in [2.45, 2.75) is 12.6 Å². The Morgan fingerprint density at radius 2 is 1.76 bits per heavy atom. The number of rotatable bonds is 7. The Morgan fingerprint density at radius 1 is 1.19 bits per heavy atom. The Labute approximate surface area is 135 Å². The highest BCUT2D eigenvalue weighted by molar-refractivity contribution is 9.11. The standard InChI is InChI=1S/C12H11Br2F3O4/c13-8-4-7(11(18)19)5-9(14)10(8)21-3-1-2-20-6-12(15,16)17/h4-5H,1-3,6H2,(H,18,19). The first-order chi connectivity index (χ1) is 9.70. The second-order valence-electron chi connectivity index (χ2n) is 3.94. The quantitative estimate of drug-likeness (QED) is 0.650. The molecule has 0 fully saturated rings. The topological polar surface area (TPSA) is 55.8 Å². The Hall–Kier alpha value is -0.800. The summed E-state index contributed by atoms with van der Waals surface area (Å²) in [5.41, 5.74) is 0.0783. The van der Waals surface area contributed by atoms with Gasteiger partial charge in [0.05, 0.1) is 27.7 Å². The second kappa shape index (κ2) is 8.00. The van der Waals surface area contributed by atoms with Gasteiger partial charge in [-0.05, 0) is 44.0 Å². The normalized spacial score (nSPS) is 11.5. The molecule has 0 bridgehead atoms. The van der Waals surface area contributed by atoms with Gasteiger partial charge in [0.25, 0.3) is 0 Å². The lowest BCUT2D eigenvalue weighted by molar-refractivity contribution is -0.174. The minimum Gasteiger partial charge on any atom is -0.491 e. The first kappa shape index (κ1) is 18.2. The Balaban J connectivity index is 2.44. The minimum absolute atomic E-state index is 0.0783. The van der Waals surface area contributed by atoms with E-state index in [9.17, 15) is 18.0 Å². The number of ether oxygens (including phenoxy) is 2. The van der Waals surface area contributed by atoms with Crippen LogP contribution in [0.2, 0.25) is 0 Å². The van der Waals surface area contributed by atoms with Crippen LogP contribution in [0.25, 0.3) is 0 Å². The van der Waals surface area contributed by atoms with Crippen LogP contribution in [-0.4, -0.2) is 37.1 Å². The molecule has 0 aliphatic heterocycles. The van der Waals surface area contributed by atoms with Crippen LogP contribution in [0.1, 0.15) is 16.8 Å². The van der Waals surface area contributed by atoms with Crippen molar-refractivity contribution in [3.63, 3.8) is 0 Å². The van der Waals surface area contributed by atoms with E-state index in [-0.39, 0.29) is 25.2 Å². The number of hydrogen-bond donors (Lipinski definition) is 1. The number of carboxylic acid groups (broad SMARTS) is 1. The molecule has 1 rings (SSSR count). The molecule has 21 heavy (non-hydrogen) atoms. The third-order valence-electron chi connectivity index (χ3n) is 2.19. The summed E-state index contributed by atoms with van der Waals surface area (Å²) in [4.78, 5) is 10.8. The van der Waals surface area contributed by atoms with Crippen molar-refractivity contribution >= 4 is 37.8 Å². The number of carboxylic acids is 1. The summed E-state index contributed by atoms with van der Waals surface area (Å²) in [6.07, 6.45) is -4.06. The van der Waals surface area contributed by atoms with Gasteiger partial charge in [0.2, 0.25) is 0 Å². The van der Waals surface area contributed by atoms with Crippen molar-refractivity contribution in [1.82, 2.24) is 0 Å².